The van der Waals surface area contributed by atoms with Crippen molar-refractivity contribution in [3.8, 4) is 0 Å². The monoisotopic (exact) mass is 251 g/mol. The van der Waals surface area contributed by atoms with Crippen molar-refractivity contribution in [1.82, 2.24) is 5.32 Å². The first-order valence-corrected chi connectivity index (χ1v) is 6.81. The molecule has 1 aromatic carbocycles. The third-order valence-corrected chi connectivity index (χ3v) is 3.89. The second-order valence-electron chi connectivity index (χ2n) is 5.41. The molecule has 0 amide bonds. The van der Waals surface area contributed by atoms with E-state index in [4.69, 9.17) is 0 Å². The molecular formula is C15H22FNO. The van der Waals surface area contributed by atoms with Crippen LogP contribution in [0.2, 0.25) is 0 Å². The number of aliphatic hydroxyl groups is 1. The normalized spacial score (nSPS) is 20.6. The average molecular weight is 251 g/mol. The minimum absolute atomic E-state index is 0.0721. The summed E-state index contributed by atoms with van der Waals surface area (Å²) < 4.78 is 13.6. The Morgan fingerprint density at radius 2 is 1.94 bits per heavy atom. The van der Waals surface area contributed by atoms with Gasteiger partial charge in [0.15, 0.2) is 0 Å². The Balaban J connectivity index is 1.92. The molecule has 1 atom stereocenters. The van der Waals surface area contributed by atoms with Gasteiger partial charge in [-0.3, -0.25) is 0 Å². The van der Waals surface area contributed by atoms with Crippen molar-refractivity contribution in [3.05, 3.63) is 35.6 Å². The fraction of sp³-hybridized carbons (Fsp3) is 0.600. The maximum Gasteiger partial charge on any atom is 0.127 e. The number of hydrogen-bond donors (Lipinski definition) is 2. The van der Waals surface area contributed by atoms with E-state index in [0.717, 1.165) is 25.7 Å². The first kappa shape index (κ1) is 13.5. The molecule has 1 aliphatic carbocycles. The van der Waals surface area contributed by atoms with Gasteiger partial charge in [-0.25, -0.2) is 4.39 Å². The largest absolute Gasteiger partial charge is 0.389 e. The molecule has 0 radical (unpaired) electrons. The Hall–Kier alpha value is -0.930. The Morgan fingerprint density at radius 1 is 1.28 bits per heavy atom. The Bertz CT molecular complexity index is 388. The molecule has 1 fully saturated rings. The quantitative estimate of drug-likeness (QED) is 0.861. The zero-order valence-corrected chi connectivity index (χ0v) is 11.0. The first-order chi connectivity index (χ1) is 8.61. The maximum atomic E-state index is 13.6. The fourth-order valence-corrected chi connectivity index (χ4v) is 2.67. The zero-order valence-electron chi connectivity index (χ0n) is 11.0. The SMILES string of the molecule is CC(NCC1(O)CCCCC1)c1ccccc1F. The van der Waals surface area contributed by atoms with Crippen LogP contribution in [-0.2, 0) is 0 Å². The topological polar surface area (TPSA) is 32.3 Å². The van der Waals surface area contributed by atoms with E-state index in [1.807, 2.05) is 13.0 Å². The molecule has 100 valence electrons. The molecule has 3 heteroatoms. The van der Waals surface area contributed by atoms with Crippen LogP contribution in [-0.4, -0.2) is 17.3 Å². The Morgan fingerprint density at radius 3 is 2.61 bits per heavy atom. The van der Waals surface area contributed by atoms with Gasteiger partial charge in [0.05, 0.1) is 5.60 Å². The van der Waals surface area contributed by atoms with E-state index >= 15 is 0 Å². The number of benzene rings is 1. The summed E-state index contributed by atoms with van der Waals surface area (Å²) in [7, 11) is 0. The van der Waals surface area contributed by atoms with Gasteiger partial charge in [-0.2, -0.15) is 0 Å². The van der Waals surface area contributed by atoms with Gasteiger partial charge < -0.3 is 10.4 Å². The summed E-state index contributed by atoms with van der Waals surface area (Å²) in [6.45, 7) is 2.48. The zero-order chi connectivity index (χ0) is 13.0. The number of nitrogens with one attached hydrogen (secondary N) is 1. The number of rotatable bonds is 4. The minimum Gasteiger partial charge on any atom is -0.389 e. The van der Waals surface area contributed by atoms with Crippen LogP contribution in [0.3, 0.4) is 0 Å². The van der Waals surface area contributed by atoms with E-state index in [2.05, 4.69) is 5.32 Å². The summed E-state index contributed by atoms with van der Waals surface area (Å²) in [6, 6.07) is 6.73. The summed E-state index contributed by atoms with van der Waals surface area (Å²) in [4.78, 5) is 0. The van der Waals surface area contributed by atoms with Gasteiger partial charge in [-0.1, -0.05) is 37.5 Å². The molecule has 1 saturated carbocycles. The molecule has 18 heavy (non-hydrogen) atoms. The first-order valence-electron chi connectivity index (χ1n) is 6.81. The van der Waals surface area contributed by atoms with Crippen molar-refractivity contribution in [1.29, 1.82) is 0 Å². The highest BCUT2D eigenvalue weighted by Gasteiger charge is 2.29. The van der Waals surface area contributed by atoms with E-state index in [9.17, 15) is 9.50 Å². The molecule has 0 bridgehead atoms. The van der Waals surface area contributed by atoms with Crippen molar-refractivity contribution < 1.29 is 9.50 Å². The van der Waals surface area contributed by atoms with E-state index in [-0.39, 0.29) is 11.9 Å². The van der Waals surface area contributed by atoms with Crippen LogP contribution in [0.5, 0.6) is 0 Å². The van der Waals surface area contributed by atoms with Crippen LogP contribution >= 0.6 is 0 Å². The van der Waals surface area contributed by atoms with Crippen LogP contribution in [0.25, 0.3) is 0 Å². The van der Waals surface area contributed by atoms with E-state index < -0.39 is 5.60 Å². The van der Waals surface area contributed by atoms with Crippen LogP contribution < -0.4 is 5.32 Å². The molecule has 0 spiro atoms. The Kier molecular flexibility index (Phi) is 4.36. The minimum atomic E-state index is -0.599. The molecule has 2 N–H and O–H groups in total. The van der Waals surface area contributed by atoms with Crippen LogP contribution in [0, 0.1) is 5.82 Å². The summed E-state index contributed by atoms with van der Waals surface area (Å²) in [5.41, 5.74) is 0.0644. The van der Waals surface area contributed by atoms with Crippen molar-refractivity contribution >= 4 is 0 Å². The molecule has 0 aliphatic heterocycles. The summed E-state index contributed by atoms with van der Waals surface area (Å²) in [5.74, 6) is -0.187. The Labute approximate surface area is 108 Å². The summed E-state index contributed by atoms with van der Waals surface area (Å²) in [5, 5.41) is 13.6. The second-order valence-corrected chi connectivity index (χ2v) is 5.41. The third kappa shape index (κ3) is 3.30. The lowest BCUT2D eigenvalue weighted by Crippen LogP contribution is -2.43. The van der Waals surface area contributed by atoms with Crippen molar-refractivity contribution in [2.45, 2.75) is 50.7 Å². The molecule has 0 heterocycles. The molecule has 2 nitrogen and oxygen atoms in total. The highest BCUT2D eigenvalue weighted by Crippen LogP contribution is 2.28. The number of hydrogen-bond acceptors (Lipinski definition) is 2. The highest BCUT2D eigenvalue weighted by molar-refractivity contribution is 5.20. The predicted octanol–water partition coefficient (Wildman–Crippen LogP) is 3.17. The van der Waals surface area contributed by atoms with Gasteiger partial charge in [0.25, 0.3) is 0 Å². The average Bonchev–Trinajstić information content (AvgIpc) is 2.38. The number of halogens is 1. The van der Waals surface area contributed by atoms with Gasteiger partial charge in [0, 0.05) is 18.2 Å². The summed E-state index contributed by atoms with van der Waals surface area (Å²) in [6.07, 6.45) is 5.09. The summed E-state index contributed by atoms with van der Waals surface area (Å²) >= 11 is 0. The molecular weight excluding hydrogens is 229 g/mol. The fourth-order valence-electron chi connectivity index (χ4n) is 2.67. The lowest BCUT2D eigenvalue weighted by atomic mass is 9.84. The van der Waals surface area contributed by atoms with Gasteiger partial charge in [0.2, 0.25) is 0 Å². The molecule has 1 aromatic rings. The van der Waals surface area contributed by atoms with Crippen molar-refractivity contribution in [2.24, 2.45) is 0 Å². The van der Waals surface area contributed by atoms with Crippen LogP contribution in [0.15, 0.2) is 24.3 Å². The standard InChI is InChI=1S/C15H22FNO/c1-12(13-7-3-4-8-14(13)16)17-11-15(18)9-5-2-6-10-15/h3-4,7-8,12,17-18H,2,5-6,9-11H2,1H3. The third-order valence-electron chi connectivity index (χ3n) is 3.89. The van der Waals surface area contributed by atoms with E-state index in [1.165, 1.54) is 12.5 Å². The molecule has 1 aliphatic rings. The molecule has 0 saturated heterocycles. The van der Waals surface area contributed by atoms with Gasteiger partial charge in [-0.15, -0.1) is 0 Å². The van der Waals surface area contributed by atoms with Crippen LogP contribution in [0.4, 0.5) is 4.39 Å². The van der Waals surface area contributed by atoms with Crippen molar-refractivity contribution in [2.75, 3.05) is 6.54 Å². The van der Waals surface area contributed by atoms with Gasteiger partial charge in [-0.05, 0) is 25.8 Å². The van der Waals surface area contributed by atoms with Crippen molar-refractivity contribution in [3.63, 3.8) is 0 Å². The van der Waals surface area contributed by atoms with Crippen LogP contribution in [0.1, 0.15) is 50.6 Å². The molecule has 0 aromatic heterocycles. The molecule has 2 rings (SSSR count). The predicted molar refractivity (Wildman–Crippen MR) is 70.9 cm³/mol. The molecule has 1 unspecified atom stereocenters. The van der Waals surface area contributed by atoms with Gasteiger partial charge >= 0.3 is 0 Å². The lowest BCUT2D eigenvalue weighted by molar-refractivity contribution is 0.00292. The highest BCUT2D eigenvalue weighted by atomic mass is 19.1. The second kappa shape index (κ2) is 5.81. The van der Waals surface area contributed by atoms with E-state index in [0.29, 0.717) is 12.1 Å². The smallest absolute Gasteiger partial charge is 0.127 e. The maximum absolute atomic E-state index is 13.6. The lowest BCUT2D eigenvalue weighted by Gasteiger charge is -2.33. The van der Waals surface area contributed by atoms with Gasteiger partial charge in [0.1, 0.15) is 5.82 Å². The van der Waals surface area contributed by atoms with E-state index in [1.54, 1.807) is 12.1 Å².